The van der Waals surface area contributed by atoms with Crippen LogP contribution in [0.3, 0.4) is 0 Å². The summed E-state index contributed by atoms with van der Waals surface area (Å²) in [4.78, 5) is 14.0. The second-order valence-corrected chi connectivity index (χ2v) is 4.81. The van der Waals surface area contributed by atoms with E-state index < -0.39 is 0 Å². The van der Waals surface area contributed by atoms with Crippen LogP contribution in [0.5, 0.6) is 0 Å². The van der Waals surface area contributed by atoms with Crippen LogP contribution in [-0.2, 0) is 9.53 Å². The number of nitrogens with zero attached hydrogens (tertiary/aromatic N) is 2. The lowest BCUT2D eigenvalue weighted by Crippen LogP contribution is -2.43. The molecule has 0 radical (unpaired) electrons. The fourth-order valence-electron chi connectivity index (χ4n) is 2.29. The van der Waals surface area contributed by atoms with Crippen molar-refractivity contribution in [2.24, 2.45) is 16.8 Å². The van der Waals surface area contributed by atoms with Gasteiger partial charge in [-0.05, 0) is 19.8 Å². The van der Waals surface area contributed by atoms with Gasteiger partial charge in [0.1, 0.15) is 5.84 Å². The average molecular weight is 257 g/mol. The van der Waals surface area contributed by atoms with E-state index in [1.807, 2.05) is 13.8 Å². The van der Waals surface area contributed by atoms with Gasteiger partial charge in [-0.1, -0.05) is 12.1 Å². The van der Waals surface area contributed by atoms with Gasteiger partial charge in [0.05, 0.1) is 12.0 Å². The first kappa shape index (κ1) is 14.8. The zero-order valence-electron chi connectivity index (χ0n) is 11.3. The van der Waals surface area contributed by atoms with Crippen LogP contribution < -0.4 is 5.73 Å². The average Bonchev–Trinajstić information content (AvgIpc) is 2.84. The molecule has 0 aromatic heterocycles. The van der Waals surface area contributed by atoms with Crippen molar-refractivity contribution in [3.63, 3.8) is 0 Å². The molecule has 0 aromatic carbocycles. The number of ether oxygens (including phenoxy) is 1. The Hall–Kier alpha value is -1.30. The summed E-state index contributed by atoms with van der Waals surface area (Å²) in [6, 6.07) is -0.0912. The summed E-state index contributed by atoms with van der Waals surface area (Å²) in [7, 11) is 1.75. The summed E-state index contributed by atoms with van der Waals surface area (Å²) in [5.74, 6) is 0.157. The highest BCUT2D eigenvalue weighted by Crippen LogP contribution is 2.25. The van der Waals surface area contributed by atoms with Crippen LogP contribution in [-0.4, -0.2) is 47.7 Å². The number of hydrogen-bond acceptors (Lipinski definition) is 4. The van der Waals surface area contributed by atoms with Gasteiger partial charge in [0.15, 0.2) is 0 Å². The maximum atomic E-state index is 12.3. The largest absolute Gasteiger partial charge is 0.409 e. The van der Waals surface area contributed by atoms with Crippen LogP contribution in [0.2, 0.25) is 0 Å². The van der Waals surface area contributed by atoms with Gasteiger partial charge in [-0.25, -0.2) is 0 Å². The van der Waals surface area contributed by atoms with E-state index in [9.17, 15) is 4.79 Å². The Kier molecular flexibility index (Phi) is 5.40. The molecular formula is C12H23N3O3. The Morgan fingerprint density at radius 1 is 1.67 bits per heavy atom. The lowest BCUT2D eigenvalue weighted by Gasteiger charge is -2.28. The van der Waals surface area contributed by atoms with Crippen molar-refractivity contribution in [2.75, 3.05) is 13.7 Å². The summed E-state index contributed by atoms with van der Waals surface area (Å²) in [5.41, 5.74) is 5.46. The minimum Gasteiger partial charge on any atom is -0.409 e. The van der Waals surface area contributed by atoms with Gasteiger partial charge in [0, 0.05) is 26.1 Å². The van der Waals surface area contributed by atoms with E-state index >= 15 is 0 Å². The standard InChI is InChI=1S/C12H23N3O3/c1-4-10-9(5-6-18-10)12(16)15(3)8(2)7-11(13)14-17/h8-10,17H,4-7H2,1-3H3,(H2,13,14). The molecule has 1 rings (SSSR count). The second-order valence-electron chi connectivity index (χ2n) is 4.81. The van der Waals surface area contributed by atoms with E-state index in [1.165, 1.54) is 0 Å². The van der Waals surface area contributed by atoms with Crippen LogP contribution >= 0.6 is 0 Å². The van der Waals surface area contributed by atoms with Crippen molar-refractivity contribution in [3.05, 3.63) is 0 Å². The summed E-state index contributed by atoms with van der Waals surface area (Å²) >= 11 is 0. The topological polar surface area (TPSA) is 88.2 Å². The Labute approximate surface area is 108 Å². The van der Waals surface area contributed by atoms with Crippen LogP contribution in [0.4, 0.5) is 0 Å². The molecule has 1 fully saturated rings. The molecule has 0 saturated carbocycles. The zero-order chi connectivity index (χ0) is 13.7. The molecule has 18 heavy (non-hydrogen) atoms. The molecule has 0 aliphatic carbocycles. The minimum atomic E-state index is -0.0912. The van der Waals surface area contributed by atoms with Crippen molar-refractivity contribution in [1.29, 1.82) is 0 Å². The monoisotopic (exact) mass is 257 g/mol. The van der Waals surface area contributed by atoms with E-state index in [2.05, 4.69) is 5.16 Å². The molecule has 1 heterocycles. The number of amidine groups is 1. The molecule has 0 aromatic rings. The first-order valence-corrected chi connectivity index (χ1v) is 6.35. The van der Waals surface area contributed by atoms with Gasteiger partial charge in [0.25, 0.3) is 0 Å². The number of amides is 1. The highest BCUT2D eigenvalue weighted by atomic mass is 16.5. The number of oxime groups is 1. The predicted molar refractivity (Wildman–Crippen MR) is 68.4 cm³/mol. The smallest absolute Gasteiger partial charge is 0.228 e. The molecule has 6 heteroatoms. The number of carbonyl (C=O) groups excluding carboxylic acids is 1. The van der Waals surface area contributed by atoms with Gasteiger partial charge in [-0.3, -0.25) is 4.79 Å². The first-order chi connectivity index (χ1) is 8.51. The molecule has 104 valence electrons. The van der Waals surface area contributed by atoms with E-state index in [0.29, 0.717) is 13.0 Å². The van der Waals surface area contributed by atoms with E-state index in [-0.39, 0.29) is 29.8 Å². The molecule has 0 spiro atoms. The maximum absolute atomic E-state index is 12.3. The fraction of sp³-hybridized carbons (Fsp3) is 0.833. The highest BCUT2D eigenvalue weighted by molar-refractivity contribution is 5.83. The van der Waals surface area contributed by atoms with Crippen molar-refractivity contribution in [2.45, 2.75) is 45.3 Å². The molecule has 3 N–H and O–H groups in total. The molecule has 1 amide bonds. The Bertz CT molecular complexity index is 320. The maximum Gasteiger partial charge on any atom is 0.228 e. The minimum absolute atomic E-state index is 0.0241. The van der Waals surface area contributed by atoms with Crippen LogP contribution in [0.1, 0.15) is 33.1 Å². The normalized spacial score (nSPS) is 26.1. The van der Waals surface area contributed by atoms with Crippen molar-refractivity contribution in [1.82, 2.24) is 4.90 Å². The summed E-state index contributed by atoms with van der Waals surface area (Å²) in [5, 5.41) is 11.5. The zero-order valence-corrected chi connectivity index (χ0v) is 11.3. The Morgan fingerprint density at radius 2 is 2.33 bits per heavy atom. The Morgan fingerprint density at radius 3 is 2.89 bits per heavy atom. The number of carbonyl (C=O) groups is 1. The van der Waals surface area contributed by atoms with Crippen LogP contribution in [0.25, 0.3) is 0 Å². The third-order valence-electron chi connectivity index (χ3n) is 3.57. The van der Waals surface area contributed by atoms with Crippen LogP contribution in [0.15, 0.2) is 5.16 Å². The second kappa shape index (κ2) is 6.58. The fourth-order valence-corrected chi connectivity index (χ4v) is 2.29. The Balaban J connectivity index is 2.60. The molecule has 1 aliphatic heterocycles. The summed E-state index contributed by atoms with van der Waals surface area (Å²) in [6.07, 6.45) is 2.01. The lowest BCUT2D eigenvalue weighted by molar-refractivity contribution is -0.137. The third kappa shape index (κ3) is 3.35. The van der Waals surface area contributed by atoms with Gasteiger partial charge in [0.2, 0.25) is 5.91 Å². The first-order valence-electron chi connectivity index (χ1n) is 6.35. The van der Waals surface area contributed by atoms with Crippen molar-refractivity contribution >= 4 is 11.7 Å². The molecule has 3 atom stereocenters. The third-order valence-corrected chi connectivity index (χ3v) is 3.57. The molecule has 1 saturated heterocycles. The van der Waals surface area contributed by atoms with Crippen molar-refractivity contribution < 1.29 is 14.7 Å². The predicted octanol–water partition coefficient (Wildman–Crippen LogP) is 0.785. The molecule has 0 bridgehead atoms. The lowest BCUT2D eigenvalue weighted by atomic mass is 9.97. The van der Waals surface area contributed by atoms with Gasteiger partial charge >= 0.3 is 0 Å². The SMILES string of the molecule is CCC1OCCC1C(=O)N(C)C(C)CC(N)=NO. The van der Waals surface area contributed by atoms with Crippen LogP contribution in [0, 0.1) is 5.92 Å². The van der Waals surface area contributed by atoms with E-state index in [0.717, 1.165) is 12.8 Å². The van der Waals surface area contributed by atoms with Crippen molar-refractivity contribution in [3.8, 4) is 0 Å². The molecule has 6 nitrogen and oxygen atoms in total. The summed E-state index contributed by atoms with van der Waals surface area (Å²) in [6.45, 7) is 4.56. The number of hydrogen-bond donors (Lipinski definition) is 2. The van der Waals surface area contributed by atoms with Gasteiger partial charge in [-0.15, -0.1) is 0 Å². The molecule has 3 unspecified atom stereocenters. The van der Waals surface area contributed by atoms with Gasteiger partial charge in [-0.2, -0.15) is 0 Å². The van der Waals surface area contributed by atoms with E-state index in [4.69, 9.17) is 15.7 Å². The molecule has 1 aliphatic rings. The van der Waals surface area contributed by atoms with E-state index in [1.54, 1.807) is 11.9 Å². The number of rotatable bonds is 5. The quantitative estimate of drug-likeness (QED) is 0.330. The highest BCUT2D eigenvalue weighted by Gasteiger charge is 2.35. The summed E-state index contributed by atoms with van der Waals surface area (Å²) < 4.78 is 5.53. The number of nitrogens with two attached hydrogens (primary N) is 1. The van der Waals surface area contributed by atoms with Gasteiger partial charge < -0.3 is 20.6 Å². The molecular weight excluding hydrogens is 234 g/mol.